The van der Waals surface area contributed by atoms with Crippen molar-refractivity contribution in [1.82, 2.24) is 15.5 Å². The molecule has 1 heterocycles. The van der Waals surface area contributed by atoms with Gasteiger partial charge in [-0.3, -0.25) is 14.4 Å². The molecule has 1 fully saturated rings. The van der Waals surface area contributed by atoms with Gasteiger partial charge < -0.3 is 26.4 Å². The summed E-state index contributed by atoms with van der Waals surface area (Å²) in [7, 11) is 0. The van der Waals surface area contributed by atoms with Crippen LogP contribution in [0.5, 0.6) is 0 Å². The van der Waals surface area contributed by atoms with Gasteiger partial charge in [-0.1, -0.05) is 13.8 Å². The Hall–Kier alpha value is -2.32. The van der Waals surface area contributed by atoms with Gasteiger partial charge in [0.1, 0.15) is 18.1 Å². The lowest BCUT2D eigenvalue weighted by Gasteiger charge is -2.28. The summed E-state index contributed by atoms with van der Waals surface area (Å²) in [4.78, 5) is 48.0. The predicted molar refractivity (Wildman–Crippen MR) is 81.3 cm³/mol. The van der Waals surface area contributed by atoms with Crippen molar-refractivity contribution in [2.75, 3.05) is 6.54 Å². The first-order chi connectivity index (χ1) is 10.6. The van der Waals surface area contributed by atoms with Crippen LogP contribution in [0.3, 0.4) is 0 Å². The Bertz CT molecular complexity index is 494. The third kappa shape index (κ3) is 4.83. The Kier molecular flexibility index (Phi) is 6.35. The molecule has 1 unspecified atom stereocenters. The normalized spacial score (nSPS) is 20.0. The second-order valence-electron chi connectivity index (χ2n) is 5.99. The van der Waals surface area contributed by atoms with Gasteiger partial charge >= 0.3 is 6.09 Å². The molecule has 0 aromatic rings. The first kappa shape index (κ1) is 18.7. The van der Waals surface area contributed by atoms with E-state index in [0.717, 1.165) is 0 Å². The first-order valence-electron chi connectivity index (χ1n) is 7.54. The van der Waals surface area contributed by atoms with Crippen LogP contribution < -0.4 is 16.4 Å². The monoisotopic (exact) mass is 328 g/mol. The molecule has 0 saturated carbocycles. The van der Waals surface area contributed by atoms with E-state index in [1.165, 1.54) is 11.8 Å². The molecule has 3 atom stereocenters. The van der Waals surface area contributed by atoms with Gasteiger partial charge in [0.15, 0.2) is 0 Å². The van der Waals surface area contributed by atoms with Gasteiger partial charge in [-0.25, -0.2) is 4.79 Å². The van der Waals surface area contributed by atoms with Crippen molar-refractivity contribution in [3.05, 3.63) is 0 Å². The van der Waals surface area contributed by atoms with E-state index in [1.807, 2.05) is 0 Å². The fraction of sp³-hybridized carbons (Fsp3) is 0.714. The molecule has 0 radical (unpaired) electrons. The molecule has 0 aromatic carbocycles. The molecule has 9 nitrogen and oxygen atoms in total. The lowest BCUT2D eigenvalue weighted by atomic mass is 10.0. The van der Waals surface area contributed by atoms with Gasteiger partial charge in [0.2, 0.25) is 17.7 Å². The van der Waals surface area contributed by atoms with Crippen LogP contribution in [0.1, 0.15) is 33.6 Å². The van der Waals surface area contributed by atoms with E-state index in [-0.39, 0.29) is 5.92 Å². The van der Waals surface area contributed by atoms with E-state index in [0.29, 0.717) is 19.4 Å². The van der Waals surface area contributed by atoms with Crippen molar-refractivity contribution < 1.29 is 24.3 Å². The maximum Gasteiger partial charge on any atom is 0.405 e. The fourth-order valence-electron chi connectivity index (χ4n) is 2.61. The molecule has 23 heavy (non-hydrogen) atoms. The number of nitrogens with two attached hydrogens (primary N) is 1. The number of nitrogens with one attached hydrogen (secondary N) is 2. The van der Waals surface area contributed by atoms with E-state index >= 15 is 0 Å². The summed E-state index contributed by atoms with van der Waals surface area (Å²) in [6.45, 7) is 5.30. The van der Waals surface area contributed by atoms with E-state index in [9.17, 15) is 19.2 Å². The van der Waals surface area contributed by atoms with Gasteiger partial charge in [-0.05, 0) is 25.7 Å². The summed E-state index contributed by atoms with van der Waals surface area (Å²) in [5, 5.41) is 13.3. The third-order valence-electron chi connectivity index (χ3n) is 3.82. The number of amides is 4. The Morgan fingerprint density at radius 1 is 1.17 bits per heavy atom. The summed E-state index contributed by atoms with van der Waals surface area (Å²) in [6, 6.07) is -2.48. The molecule has 130 valence electrons. The van der Waals surface area contributed by atoms with Crippen molar-refractivity contribution in [2.24, 2.45) is 11.7 Å². The Morgan fingerprint density at radius 2 is 1.78 bits per heavy atom. The molecule has 0 spiro atoms. The Morgan fingerprint density at radius 3 is 2.26 bits per heavy atom. The minimum absolute atomic E-state index is 0.172. The SMILES string of the molecule is CC(NC(=O)O)C(=O)N1CCC[C@H]1C(=O)N[C@H](C(N)=O)C(C)C. The summed E-state index contributed by atoms with van der Waals surface area (Å²) >= 11 is 0. The summed E-state index contributed by atoms with van der Waals surface area (Å²) < 4.78 is 0. The van der Waals surface area contributed by atoms with E-state index in [1.54, 1.807) is 13.8 Å². The minimum atomic E-state index is -1.31. The van der Waals surface area contributed by atoms with Gasteiger partial charge in [-0.15, -0.1) is 0 Å². The second-order valence-corrected chi connectivity index (χ2v) is 5.99. The van der Waals surface area contributed by atoms with Gasteiger partial charge in [0.05, 0.1) is 0 Å². The number of primary amides is 1. The van der Waals surface area contributed by atoms with Crippen molar-refractivity contribution in [1.29, 1.82) is 0 Å². The second kappa shape index (κ2) is 7.80. The molecular formula is C14H24N4O5. The quantitative estimate of drug-likeness (QED) is 0.508. The van der Waals surface area contributed by atoms with Crippen molar-refractivity contribution >= 4 is 23.8 Å². The van der Waals surface area contributed by atoms with E-state index < -0.39 is 41.9 Å². The highest BCUT2D eigenvalue weighted by molar-refractivity contribution is 5.93. The van der Waals surface area contributed by atoms with Gasteiger partial charge in [-0.2, -0.15) is 0 Å². The van der Waals surface area contributed by atoms with Crippen LogP contribution in [-0.4, -0.2) is 58.5 Å². The average Bonchev–Trinajstić information content (AvgIpc) is 2.91. The van der Waals surface area contributed by atoms with Gasteiger partial charge in [0.25, 0.3) is 0 Å². The lowest BCUT2D eigenvalue weighted by Crippen LogP contribution is -2.56. The number of nitrogens with zero attached hydrogens (tertiary/aromatic N) is 1. The smallest absolute Gasteiger partial charge is 0.405 e. The highest BCUT2D eigenvalue weighted by Crippen LogP contribution is 2.19. The first-order valence-corrected chi connectivity index (χ1v) is 7.54. The van der Waals surface area contributed by atoms with Crippen LogP contribution in [0.4, 0.5) is 4.79 Å². The minimum Gasteiger partial charge on any atom is -0.465 e. The maximum absolute atomic E-state index is 12.4. The zero-order valence-electron chi connectivity index (χ0n) is 13.5. The number of rotatable bonds is 6. The molecule has 1 aliphatic heterocycles. The molecule has 0 aliphatic carbocycles. The molecular weight excluding hydrogens is 304 g/mol. The Balaban J connectivity index is 2.77. The van der Waals surface area contributed by atoms with E-state index in [2.05, 4.69) is 10.6 Å². The summed E-state index contributed by atoms with van der Waals surface area (Å²) in [6.07, 6.45) is -0.215. The number of hydrogen-bond donors (Lipinski definition) is 4. The molecule has 1 aliphatic rings. The number of likely N-dealkylation sites (tertiary alicyclic amines) is 1. The molecule has 5 N–H and O–H groups in total. The van der Waals surface area contributed by atoms with Crippen LogP contribution in [0.25, 0.3) is 0 Å². The maximum atomic E-state index is 12.4. The van der Waals surface area contributed by atoms with Crippen LogP contribution >= 0.6 is 0 Å². The van der Waals surface area contributed by atoms with E-state index in [4.69, 9.17) is 10.8 Å². The van der Waals surface area contributed by atoms with Crippen LogP contribution in [0.2, 0.25) is 0 Å². The summed E-state index contributed by atoms with van der Waals surface area (Å²) in [5.74, 6) is -1.72. The Labute approximate surface area is 134 Å². The van der Waals surface area contributed by atoms with Crippen molar-refractivity contribution in [3.8, 4) is 0 Å². The van der Waals surface area contributed by atoms with Gasteiger partial charge in [0, 0.05) is 6.54 Å². The fourth-order valence-corrected chi connectivity index (χ4v) is 2.61. The molecule has 0 aromatic heterocycles. The van der Waals surface area contributed by atoms with Crippen molar-refractivity contribution in [3.63, 3.8) is 0 Å². The number of carboxylic acid groups (broad SMARTS) is 1. The van der Waals surface area contributed by atoms with Crippen LogP contribution in [-0.2, 0) is 14.4 Å². The van der Waals surface area contributed by atoms with Crippen LogP contribution in [0.15, 0.2) is 0 Å². The average molecular weight is 328 g/mol. The molecule has 0 bridgehead atoms. The predicted octanol–water partition coefficient (Wildman–Crippen LogP) is -0.740. The molecule has 1 rings (SSSR count). The molecule has 4 amide bonds. The highest BCUT2D eigenvalue weighted by atomic mass is 16.4. The third-order valence-corrected chi connectivity index (χ3v) is 3.82. The number of carbonyl (C=O) groups is 4. The standard InChI is InChI=1S/C14H24N4O5/c1-7(2)10(11(15)19)17-12(20)9-5-4-6-18(9)13(21)8(3)16-14(22)23/h7-10,16H,4-6H2,1-3H3,(H2,15,19)(H,17,20)(H,22,23)/t8?,9-,10-/m0/s1. The zero-order chi connectivity index (χ0) is 17.7. The highest BCUT2D eigenvalue weighted by Gasteiger charge is 2.37. The number of carbonyl (C=O) groups excluding carboxylic acids is 3. The van der Waals surface area contributed by atoms with Crippen LogP contribution in [0, 0.1) is 5.92 Å². The van der Waals surface area contributed by atoms with Crippen molar-refractivity contribution in [2.45, 2.75) is 51.7 Å². The largest absolute Gasteiger partial charge is 0.465 e. The number of hydrogen-bond acceptors (Lipinski definition) is 4. The topological polar surface area (TPSA) is 142 Å². The summed E-state index contributed by atoms with van der Waals surface area (Å²) in [5.41, 5.74) is 5.27. The molecule has 9 heteroatoms. The molecule has 1 saturated heterocycles. The lowest BCUT2D eigenvalue weighted by molar-refractivity contribution is -0.140. The zero-order valence-corrected chi connectivity index (χ0v) is 13.5.